The van der Waals surface area contributed by atoms with Gasteiger partial charge in [-0.15, -0.1) is 0 Å². The van der Waals surface area contributed by atoms with E-state index in [0.29, 0.717) is 6.54 Å². The van der Waals surface area contributed by atoms with Gasteiger partial charge in [-0.1, -0.05) is 0 Å². The van der Waals surface area contributed by atoms with E-state index in [-0.39, 0.29) is 0 Å². The molecule has 0 aliphatic rings. The van der Waals surface area contributed by atoms with Crippen molar-refractivity contribution < 1.29 is 4.74 Å². The Morgan fingerprint density at radius 1 is 1.21 bits per heavy atom. The molecule has 0 bridgehead atoms. The number of methoxy groups -OCH3 is 1. The second-order valence-electron chi connectivity index (χ2n) is 4.78. The van der Waals surface area contributed by atoms with Crippen molar-refractivity contribution in [3.05, 3.63) is 34.8 Å². The summed E-state index contributed by atoms with van der Waals surface area (Å²) in [6.07, 6.45) is 0. The van der Waals surface area contributed by atoms with Crippen LogP contribution in [-0.2, 0) is 13.6 Å². The Hall–Kier alpha value is -1.81. The van der Waals surface area contributed by atoms with E-state index in [0.717, 1.165) is 34.1 Å². The lowest BCUT2D eigenvalue weighted by Gasteiger charge is -2.12. The molecule has 102 valence electrons. The van der Waals surface area contributed by atoms with Crippen molar-refractivity contribution in [1.29, 1.82) is 0 Å². The summed E-state index contributed by atoms with van der Waals surface area (Å²) in [7, 11) is 3.69. The van der Waals surface area contributed by atoms with Crippen LogP contribution in [0.1, 0.15) is 22.6 Å². The lowest BCUT2D eigenvalue weighted by Crippen LogP contribution is -2.06. The van der Waals surface area contributed by atoms with Crippen LogP contribution in [0.5, 0.6) is 5.75 Å². The maximum absolute atomic E-state index is 5.86. The summed E-state index contributed by atoms with van der Waals surface area (Å²) >= 11 is 0. The van der Waals surface area contributed by atoms with E-state index in [1.807, 2.05) is 24.6 Å². The predicted molar refractivity (Wildman–Crippen MR) is 77.3 cm³/mol. The molecule has 0 fully saturated rings. The fraction of sp³-hybridized carbons (Fsp3) is 0.400. The number of ether oxygens (including phenoxy) is 1. The molecule has 1 aromatic heterocycles. The first-order valence-corrected chi connectivity index (χ1v) is 6.38. The molecule has 0 spiro atoms. The molecule has 0 saturated heterocycles. The minimum absolute atomic E-state index is 0.483. The monoisotopic (exact) mass is 259 g/mol. The van der Waals surface area contributed by atoms with Gasteiger partial charge in [0.15, 0.2) is 0 Å². The second-order valence-corrected chi connectivity index (χ2v) is 4.78. The summed E-state index contributed by atoms with van der Waals surface area (Å²) < 4.78 is 7.40. The molecule has 0 atom stereocenters. The lowest BCUT2D eigenvalue weighted by molar-refractivity contribution is 0.411. The molecule has 2 aromatic rings. The number of rotatable bonds is 3. The minimum atomic E-state index is 0.483. The van der Waals surface area contributed by atoms with E-state index in [9.17, 15) is 0 Å². The van der Waals surface area contributed by atoms with Crippen molar-refractivity contribution in [2.45, 2.75) is 27.3 Å². The summed E-state index contributed by atoms with van der Waals surface area (Å²) in [6.45, 7) is 6.64. The Kier molecular flexibility index (Phi) is 3.62. The van der Waals surface area contributed by atoms with Crippen molar-refractivity contribution >= 4 is 0 Å². The average Bonchev–Trinajstić information content (AvgIpc) is 2.68. The van der Waals surface area contributed by atoms with Crippen LogP contribution in [0.4, 0.5) is 0 Å². The summed E-state index contributed by atoms with van der Waals surface area (Å²) in [5.41, 5.74) is 11.4. The quantitative estimate of drug-likeness (QED) is 0.921. The van der Waals surface area contributed by atoms with Gasteiger partial charge in [0.25, 0.3) is 0 Å². The average molecular weight is 259 g/mol. The van der Waals surface area contributed by atoms with Gasteiger partial charge >= 0.3 is 0 Å². The molecule has 0 aliphatic carbocycles. The van der Waals surface area contributed by atoms with Crippen LogP contribution in [0, 0.1) is 20.8 Å². The van der Waals surface area contributed by atoms with Crippen LogP contribution in [0.2, 0.25) is 0 Å². The van der Waals surface area contributed by atoms with Crippen LogP contribution in [0.3, 0.4) is 0 Å². The van der Waals surface area contributed by atoms with Crippen LogP contribution < -0.4 is 10.5 Å². The number of nitrogens with two attached hydrogens (primary N) is 1. The van der Waals surface area contributed by atoms with E-state index >= 15 is 0 Å². The van der Waals surface area contributed by atoms with E-state index in [4.69, 9.17) is 10.5 Å². The van der Waals surface area contributed by atoms with Crippen molar-refractivity contribution in [3.8, 4) is 17.0 Å². The van der Waals surface area contributed by atoms with E-state index in [2.05, 4.69) is 24.9 Å². The molecule has 0 amide bonds. The third-order valence-corrected chi connectivity index (χ3v) is 3.84. The number of aryl methyl sites for hydroxylation is 1. The van der Waals surface area contributed by atoms with Gasteiger partial charge in [0.1, 0.15) is 11.6 Å². The lowest BCUT2D eigenvalue weighted by atomic mass is 9.99. The number of aromatic nitrogens is 2. The molecule has 19 heavy (non-hydrogen) atoms. The number of hydrogen-bond acceptors (Lipinski definition) is 3. The molecule has 2 rings (SSSR count). The number of imidazole rings is 1. The Morgan fingerprint density at radius 2 is 1.89 bits per heavy atom. The Balaban J connectivity index is 2.66. The SMILES string of the molecule is COc1ccc(-c2nc(C)n(C)c2CN)c(C)c1C. The van der Waals surface area contributed by atoms with Crippen LogP contribution in [-0.4, -0.2) is 16.7 Å². The number of benzene rings is 1. The highest BCUT2D eigenvalue weighted by Gasteiger charge is 2.16. The zero-order valence-electron chi connectivity index (χ0n) is 12.2. The molecule has 0 saturated carbocycles. The third-order valence-electron chi connectivity index (χ3n) is 3.84. The molecule has 4 nitrogen and oxygen atoms in total. The molecule has 2 N–H and O–H groups in total. The standard InChI is InChI=1S/C15H21N3O/c1-9-10(2)14(19-5)7-6-12(9)15-13(8-16)18(4)11(3)17-15/h6-7H,8,16H2,1-5H3. The highest BCUT2D eigenvalue weighted by atomic mass is 16.5. The topological polar surface area (TPSA) is 53.1 Å². The van der Waals surface area contributed by atoms with Gasteiger partial charge in [0.05, 0.1) is 18.5 Å². The van der Waals surface area contributed by atoms with Crippen LogP contribution in [0.25, 0.3) is 11.3 Å². The molecule has 1 aromatic carbocycles. The van der Waals surface area contributed by atoms with Gasteiger partial charge in [-0.05, 0) is 44.0 Å². The number of nitrogens with zero attached hydrogens (tertiary/aromatic N) is 2. The fourth-order valence-corrected chi connectivity index (χ4v) is 2.38. The molecule has 1 heterocycles. The highest BCUT2D eigenvalue weighted by molar-refractivity contribution is 5.69. The first-order chi connectivity index (χ1) is 9.01. The molecular formula is C15H21N3O. The van der Waals surface area contributed by atoms with Crippen LogP contribution in [0.15, 0.2) is 12.1 Å². The zero-order chi connectivity index (χ0) is 14.2. The van der Waals surface area contributed by atoms with E-state index in [1.54, 1.807) is 7.11 Å². The Morgan fingerprint density at radius 3 is 2.47 bits per heavy atom. The summed E-state index contributed by atoms with van der Waals surface area (Å²) in [6, 6.07) is 4.05. The first-order valence-electron chi connectivity index (χ1n) is 6.38. The molecular weight excluding hydrogens is 238 g/mol. The van der Waals surface area contributed by atoms with E-state index < -0.39 is 0 Å². The Labute approximate surface area is 114 Å². The Bertz CT molecular complexity index is 614. The largest absolute Gasteiger partial charge is 0.496 e. The molecule has 0 unspecified atom stereocenters. The molecule has 4 heteroatoms. The summed E-state index contributed by atoms with van der Waals surface area (Å²) in [5.74, 6) is 1.88. The van der Waals surface area contributed by atoms with Gasteiger partial charge in [0, 0.05) is 19.2 Å². The minimum Gasteiger partial charge on any atom is -0.496 e. The first kappa shape index (κ1) is 13.6. The van der Waals surface area contributed by atoms with Gasteiger partial charge in [0.2, 0.25) is 0 Å². The summed E-state index contributed by atoms with van der Waals surface area (Å²) in [5, 5.41) is 0. The zero-order valence-corrected chi connectivity index (χ0v) is 12.2. The van der Waals surface area contributed by atoms with Crippen molar-refractivity contribution in [1.82, 2.24) is 9.55 Å². The smallest absolute Gasteiger partial charge is 0.122 e. The highest BCUT2D eigenvalue weighted by Crippen LogP contribution is 2.32. The van der Waals surface area contributed by atoms with Gasteiger partial charge in [-0.3, -0.25) is 0 Å². The fourth-order valence-electron chi connectivity index (χ4n) is 2.38. The van der Waals surface area contributed by atoms with Gasteiger partial charge < -0.3 is 15.0 Å². The second kappa shape index (κ2) is 5.05. The van der Waals surface area contributed by atoms with Crippen molar-refractivity contribution in [3.63, 3.8) is 0 Å². The third kappa shape index (κ3) is 2.12. The maximum atomic E-state index is 5.86. The summed E-state index contributed by atoms with van der Waals surface area (Å²) in [4.78, 5) is 4.65. The van der Waals surface area contributed by atoms with Crippen molar-refractivity contribution in [2.75, 3.05) is 7.11 Å². The van der Waals surface area contributed by atoms with Gasteiger partial charge in [-0.25, -0.2) is 4.98 Å². The van der Waals surface area contributed by atoms with E-state index in [1.165, 1.54) is 5.56 Å². The molecule has 0 aliphatic heterocycles. The maximum Gasteiger partial charge on any atom is 0.122 e. The molecule has 0 radical (unpaired) electrons. The van der Waals surface area contributed by atoms with Crippen molar-refractivity contribution in [2.24, 2.45) is 12.8 Å². The predicted octanol–water partition coefficient (Wildman–Crippen LogP) is 2.48. The number of hydrogen-bond donors (Lipinski definition) is 1. The van der Waals surface area contributed by atoms with Crippen LogP contribution >= 0.6 is 0 Å². The normalized spacial score (nSPS) is 10.8. The van der Waals surface area contributed by atoms with Gasteiger partial charge in [-0.2, -0.15) is 0 Å².